The third kappa shape index (κ3) is 3.12. The zero-order valence-corrected chi connectivity index (χ0v) is 17.0. The molecule has 0 spiro atoms. The van der Waals surface area contributed by atoms with E-state index in [0.717, 1.165) is 11.0 Å². The number of aromatic nitrogens is 1. The molecule has 1 aromatic heterocycles. The summed E-state index contributed by atoms with van der Waals surface area (Å²) in [5.74, 6) is -1.24. The van der Waals surface area contributed by atoms with Crippen LogP contribution in [-0.2, 0) is 0 Å². The summed E-state index contributed by atoms with van der Waals surface area (Å²) < 4.78 is 10.5. The molecule has 0 aliphatic carbocycles. The van der Waals surface area contributed by atoms with Crippen LogP contribution < -0.4 is 15.3 Å². The number of non-ortho nitro benzene ring substituents is 1. The lowest BCUT2D eigenvalue weighted by Gasteiger charge is -2.16. The zero-order chi connectivity index (χ0) is 23.3. The molecule has 0 N–H and O–H groups in total. The number of carbonyl (C=O) groups is 2. The van der Waals surface area contributed by atoms with E-state index < -0.39 is 22.4 Å². The number of hydrogen-bond acceptors (Lipinski definition) is 8. The van der Waals surface area contributed by atoms with Gasteiger partial charge in [0.05, 0.1) is 34.1 Å². The number of nitro benzene ring substituents is 1. The van der Waals surface area contributed by atoms with Crippen LogP contribution in [0.5, 0.6) is 5.75 Å². The Bertz CT molecular complexity index is 1560. The van der Waals surface area contributed by atoms with E-state index in [1.165, 1.54) is 37.4 Å². The van der Waals surface area contributed by atoms with Crippen LogP contribution in [0.15, 0.2) is 69.9 Å². The van der Waals surface area contributed by atoms with Gasteiger partial charge in [-0.2, -0.15) is 0 Å². The predicted molar refractivity (Wildman–Crippen MR) is 117 cm³/mol. The number of amides is 2. The molecular formula is C23H13N3O7. The fourth-order valence-electron chi connectivity index (χ4n) is 3.70. The summed E-state index contributed by atoms with van der Waals surface area (Å²) in [4.78, 5) is 54.3. The quantitative estimate of drug-likeness (QED) is 0.266. The Kier molecular flexibility index (Phi) is 4.49. The van der Waals surface area contributed by atoms with Crippen molar-refractivity contribution in [2.24, 2.45) is 0 Å². The van der Waals surface area contributed by atoms with Crippen LogP contribution in [0.1, 0.15) is 20.7 Å². The highest BCUT2D eigenvalue weighted by atomic mass is 16.6. The van der Waals surface area contributed by atoms with Crippen LogP contribution in [-0.4, -0.2) is 28.8 Å². The van der Waals surface area contributed by atoms with Crippen molar-refractivity contribution in [2.45, 2.75) is 0 Å². The van der Waals surface area contributed by atoms with E-state index in [4.69, 9.17) is 9.15 Å². The average molecular weight is 443 g/mol. The first-order valence-corrected chi connectivity index (χ1v) is 9.64. The Labute approximate surface area is 184 Å². The number of ether oxygens (including phenoxy) is 1. The third-order valence-electron chi connectivity index (χ3n) is 5.28. The molecule has 2 heterocycles. The lowest BCUT2D eigenvalue weighted by Crippen LogP contribution is -2.29. The maximum atomic E-state index is 13.2. The van der Waals surface area contributed by atoms with E-state index in [9.17, 15) is 24.5 Å². The van der Waals surface area contributed by atoms with Gasteiger partial charge in [-0.25, -0.2) is 14.7 Å². The largest absolute Gasteiger partial charge is 0.495 e. The number of imide groups is 1. The third-order valence-corrected chi connectivity index (χ3v) is 5.28. The summed E-state index contributed by atoms with van der Waals surface area (Å²) >= 11 is 0. The Morgan fingerprint density at radius 1 is 0.970 bits per heavy atom. The van der Waals surface area contributed by atoms with Crippen molar-refractivity contribution in [3.8, 4) is 17.2 Å². The first-order valence-electron chi connectivity index (χ1n) is 9.64. The molecule has 3 aromatic carbocycles. The van der Waals surface area contributed by atoms with Crippen molar-refractivity contribution >= 4 is 34.1 Å². The molecule has 10 heteroatoms. The molecule has 0 radical (unpaired) electrons. The van der Waals surface area contributed by atoms with Crippen LogP contribution in [0.25, 0.3) is 22.4 Å². The predicted octanol–water partition coefficient (Wildman–Crippen LogP) is 3.57. The van der Waals surface area contributed by atoms with E-state index in [1.54, 1.807) is 24.3 Å². The highest BCUT2D eigenvalue weighted by molar-refractivity contribution is 6.35. The maximum absolute atomic E-state index is 13.2. The second kappa shape index (κ2) is 7.38. The molecule has 0 unspecified atom stereocenters. The van der Waals surface area contributed by atoms with Crippen LogP contribution in [0.4, 0.5) is 11.4 Å². The second-order valence-electron chi connectivity index (χ2n) is 7.14. The van der Waals surface area contributed by atoms with Gasteiger partial charge in [0, 0.05) is 17.7 Å². The summed E-state index contributed by atoms with van der Waals surface area (Å²) in [6.45, 7) is 0. The monoisotopic (exact) mass is 443 g/mol. The van der Waals surface area contributed by atoms with E-state index in [2.05, 4.69) is 4.98 Å². The van der Waals surface area contributed by atoms with Gasteiger partial charge >= 0.3 is 5.63 Å². The molecule has 1 aliphatic heterocycles. The van der Waals surface area contributed by atoms with Gasteiger partial charge in [-0.15, -0.1) is 0 Å². The van der Waals surface area contributed by atoms with Crippen molar-refractivity contribution < 1.29 is 23.7 Å². The molecular weight excluding hydrogens is 430 g/mol. The Morgan fingerprint density at radius 3 is 2.48 bits per heavy atom. The van der Waals surface area contributed by atoms with Crippen LogP contribution in [0.2, 0.25) is 0 Å². The number of rotatable bonds is 4. The standard InChI is InChI=1S/C23H13N3O7/c1-32-19-9-7-13(26(30)31)11-18(19)25-21(27)14-8-6-12(10-16(14)22(25)28)20-24-17-5-3-2-4-15(17)23(29)33-20/h2-11H,1H3. The number of para-hydroxylation sites is 1. The SMILES string of the molecule is COc1ccc([N+](=O)[O-])cc1N1C(=O)c2ccc(-c3nc4ccccc4c(=O)o3)cc2C1=O. The topological polar surface area (TPSA) is 133 Å². The average Bonchev–Trinajstić information content (AvgIpc) is 3.07. The summed E-state index contributed by atoms with van der Waals surface area (Å²) in [5.41, 5.74) is -0.0363. The molecule has 0 saturated heterocycles. The van der Waals surface area contributed by atoms with Crippen molar-refractivity contribution in [3.63, 3.8) is 0 Å². The number of carbonyl (C=O) groups excluding carboxylic acids is 2. The van der Waals surface area contributed by atoms with E-state index in [1.807, 2.05) is 0 Å². The summed E-state index contributed by atoms with van der Waals surface area (Å²) in [6.07, 6.45) is 0. The van der Waals surface area contributed by atoms with Crippen LogP contribution >= 0.6 is 0 Å². The van der Waals surface area contributed by atoms with E-state index in [-0.39, 0.29) is 34.1 Å². The number of nitrogens with zero attached hydrogens (tertiary/aromatic N) is 3. The van der Waals surface area contributed by atoms with Gasteiger partial charge in [0.2, 0.25) is 5.89 Å². The van der Waals surface area contributed by atoms with E-state index >= 15 is 0 Å². The van der Waals surface area contributed by atoms with Crippen molar-refractivity contribution in [3.05, 3.63) is 92.3 Å². The number of benzene rings is 3. The number of fused-ring (bicyclic) bond motifs is 2. The molecule has 1 aliphatic rings. The molecule has 33 heavy (non-hydrogen) atoms. The second-order valence-corrected chi connectivity index (χ2v) is 7.14. The number of hydrogen-bond donors (Lipinski definition) is 0. The van der Waals surface area contributed by atoms with Crippen molar-refractivity contribution in [1.29, 1.82) is 0 Å². The van der Waals surface area contributed by atoms with Crippen molar-refractivity contribution in [2.75, 3.05) is 12.0 Å². The summed E-state index contributed by atoms with van der Waals surface area (Å²) in [5, 5.41) is 11.5. The van der Waals surface area contributed by atoms with E-state index in [0.29, 0.717) is 16.5 Å². The first-order chi connectivity index (χ1) is 15.9. The minimum absolute atomic E-state index is 0.00636. The lowest BCUT2D eigenvalue weighted by atomic mass is 10.1. The fourth-order valence-corrected chi connectivity index (χ4v) is 3.70. The molecule has 4 aromatic rings. The van der Waals surface area contributed by atoms with Crippen LogP contribution in [0, 0.1) is 10.1 Å². The number of methoxy groups -OCH3 is 1. The minimum atomic E-state index is -0.696. The Hall–Kier alpha value is -4.86. The van der Waals surface area contributed by atoms with Gasteiger partial charge in [0.1, 0.15) is 11.4 Å². The molecule has 5 rings (SSSR count). The highest BCUT2D eigenvalue weighted by Crippen LogP contribution is 2.38. The van der Waals surface area contributed by atoms with Gasteiger partial charge in [0.15, 0.2) is 0 Å². The molecule has 0 bridgehead atoms. The molecule has 0 fully saturated rings. The summed E-state index contributed by atoms with van der Waals surface area (Å²) in [7, 11) is 1.33. The smallest absolute Gasteiger partial charge is 0.347 e. The first kappa shape index (κ1) is 20.1. The summed E-state index contributed by atoms with van der Waals surface area (Å²) in [6, 6.07) is 14.6. The van der Waals surface area contributed by atoms with Crippen molar-refractivity contribution in [1.82, 2.24) is 4.98 Å². The molecule has 2 amide bonds. The number of nitro groups is 1. The zero-order valence-electron chi connectivity index (χ0n) is 17.0. The molecule has 10 nitrogen and oxygen atoms in total. The highest BCUT2D eigenvalue weighted by Gasteiger charge is 2.39. The molecule has 162 valence electrons. The van der Waals surface area contributed by atoms with Gasteiger partial charge < -0.3 is 9.15 Å². The Balaban J connectivity index is 1.61. The van der Waals surface area contributed by atoms with Gasteiger partial charge in [0.25, 0.3) is 17.5 Å². The maximum Gasteiger partial charge on any atom is 0.347 e. The Morgan fingerprint density at radius 2 is 1.73 bits per heavy atom. The van der Waals surface area contributed by atoms with Gasteiger partial charge in [-0.1, -0.05) is 12.1 Å². The number of anilines is 1. The lowest BCUT2D eigenvalue weighted by molar-refractivity contribution is -0.384. The van der Waals surface area contributed by atoms with Gasteiger partial charge in [-0.3, -0.25) is 19.7 Å². The van der Waals surface area contributed by atoms with Gasteiger partial charge in [-0.05, 0) is 36.4 Å². The molecule has 0 saturated carbocycles. The normalized spacial score (nSPS) is 12.8. The fraction of sp³-hybridized carbons (Fsp3) is 0.0435. The minimum Gasteiger partial charge on any atom is -0.495 e. The van der Waals surface area contributed by atoms with Crippen LogP contribution in [0.3, 0.4) is 0 Å². The molecule has 0 atom stereocenters.